The average molecular weight is 284 g/mol. The fraction of sp³-hybridized carbons (Fsp3) is 1.00. The van der Waals surface area contributed by atoms with Gasteiger partial charge < -0.3 is 14.9 Å². The molecule has 0 aromatic rings. The van der Waals surface area contributed by atoms with E-state index in [2.05, 4.69) is 30.7 Å². The van der Waals surface area contributed by atoms with Gasteiger partial charge in [-0.2, -0.15) is 0 Å². The molecule has 0 aromatic heterocycles. The Morgan fingerprint density at radius 3 is 2.15 bits per heavy atom. The molecule has 3 nitrogen and oxygen atoms in total. The van der Waals surface area contributed by atoms with Crippen molar-refractivity contribution in [2.75, 3.05) is 39.8 Å². The first kappa shape index (κ1) is 17.9. The van der Waals surface area contributed by atoms with E-state index < -0.39 is 0 Å². The molecule has 0 aliphatic carbocycles. The van der Waals surface area contributed by atoms with Crippen molar-refractivity contribution in [2.45, 2.75) is 64.9 Å². The number of aliphatic hydroxyl groups excluding tert-OH is 1. The summed E-state index contributed by atoms with van der Waals surface area (Å²) in [5.74, 6) is 0.769. The fourth-order valence-electron chi connectivity index (χ4n) is 2.87. The van der Waals surface area contributed by atoms with Crippen LogP contribution in [0, 0.1) is 5.92 Å². The zero-order chi connectivity index (χ0) is 14.8. The Hall–Kier alpha value is -0.120. The van der Waals surface area contributed by atoms with Crippen molar-refractivity contribution in [1.29, 1.82) is 0 Å². The summed E-state index contributed by atoms with van der Waals surface area (Å²) in [5.41, 5.74) is 0. The normalized spacial score (nSPS) is 19.6. The van der Waals surface area contributed by atoms with Gasteiger partial charge in [-0.25, -0.2) is 0 Å². The average Bonchev–Trinajstić information content (AvgIpc) is 2.40. The second-order valence-electron chi connectivity index (χ2n) is 6.97. The number of rotatable bonds is 10. The maximum Gasteiger partial charge on any atom is 0.0540 e. The topological polar surface area (TPSA) is 26.7 Å². The first-order chi connectivity index (χ1) is 9.58. The molecule has 0 radical (unpaired) electrons. The number of nitrogens with zero attached hydrogens (tertiary/aromatic N) is 2. The monoisotopic (exact) mass is 284 g/mol. The van der Waals surface area contributed by atoms with Gasteiger partial charge in [-0.3, -0.25) is 0 Å². The summed E-state index contributed by atoms with van der Waals surface area (Å²) in [7, 11) is 2.21. The van der Waals surface area contributed by atoms with Crippen LogP contribution >= 0.6 is 0 Å². The molecule has 0 aromatic carbocycles. The van der Waals surface area contributed by atoms with Gasteiger partial charge in [0.25, 0.3) is 0 Å². The van der Waals surface area contributed by atoms with Crippen molar-refractivity contribution in [3.63, 3.8) is 0 Å². The van der Waals surface area contributed by atoms with Gasteiger partial charge in [0.05, 0.1) is 6.10 Å². The van der Waals surface area contributed by atoms with Gasteiger partial charge in [-0.15, -0.1) is 0 Å². The van der Waals surface area contributed by atoms with E-state index in [9.17, 15) is 5.11 Å². The molecule has 0 amide bonds. The lowest BCUT2D eigenvalue weighted by Crippen LogP contribution is -2.44. The molecular weight excluding hydrogens is 248 g/mol. The number of hydrogen-bond donors (Lipinski definition) is 1. The minimum atomic E-state index is -0.0580. The Kier molecular flexibility index (Phi) is 9.49. The van der Waals surface area contributed by atoms with Crippen LogP contribution in [-0.2, 0) is 0 Å². The summed E-state index contributed by atoms with van der Waals surface area (Å²) in [5, 5.41) is 9.92. The van der Waals surface area contributed by atoms with E-state index in [0.29, 0.717) is 0 Å². The Labute approximate surface area is 126 Å². The lowest BCUT2D eigenvalue weighted by atomic mass is 10.0. The van der Waals surface area contributed by atoms with Crippen molar-refractivity contribution < 1.29 is 5.11 Å². The summed E-state index contributed by atoms with van der Waals surface area (Å²) in [6.45, 7) is 10.7. The highest BCUT2D eigenvalue weighted by Gasteiger charge is 2.12. The quantitative estimate of drug-likeness (QED) is 0.625. The molecule has 1 aliphatic heterocycles. The van der Waals surface area contributed by atoms with E-state index in [-0.39, 0.29) is 6.10 Å². The largest absolute Gasteiger partial charge is 0.393 e. The molecule has 0 bridgehead atoms. The van der Waals surface area contributed by atoms with Gasteiger partial charge in [-0.1, -0.05) is 39.5 Å². The first-order valence-corrected chi connectivity index (χ1v) is 8.67. The number of hydrogen-bond acceptors (Lipinski definition) is 3. The number of likely N-dealkylation sites (N-methyl/N-ethyl adjacent to an activating group) is 1. The standard InChI is InChI=1S/C17H36N2O/c1-16(2)8-7-10-17(20)9-5-4-6-11-19-14-12-18(3)13-15-19/h16-17,20H,4-15H2,1-3H3. The van der Waals surface area contributed by atoms with E-state index in [1.54, 1.807) is 0 Å². The molecule has 1 fully saturated rings. The second kappa shape index (κ2) is 10.6. The van der Waals surface area contributed by atoms with Crippen LogP contribution in [0.4, 0.5) is 0 Å². The third-order valence-electron chi connectivity index (χ3n) is 4.43. The Morgan fingerprint density at radius 2 is 1.50 bits per heavy atom. The Bertz CT molecular complexity index is 225. The molecule has 1 unspecified atom stereocenters. The highest BCUT2D eigenvalue weighted by Crippen LogP contribution is 2.13. The zero-order valence-corrected chi connectivity index (χ0v) is 14.0. The Morgan fingerprint density at radius 1 is 0.850 bits per heavy atom. The maximum absolute atomic E-state index is 9.92. The predicted octanol–water partition coefficient (Wildman–Crippen LogP) is 2.98. The summed E-state index contributed by atoms with van der Waals surface area (Å²) >= 11 is 0. The van der Waals surface area contributed by atoms with Gasteiger partial charge >= 0.3 is 0 Å². The van der Waals surface area contributed by atoms with Gasteiger partial charge in [-0.05, 0) is 38.8 Å². The summed E-state index contributed by atoms with van der Waals surface area (Å²) in [6.07, 6.45) is 8.13. The molecule has 1 aliphatic rings. The third kappa shape index (κ3) is 8.93. The maximum atomic E-state index is 9.92. The van der Waals surface area contributed by atoms with Gasteiger partial charge in [0.2, 0.25) is 0 Å². The summed E-state index contributed by atoms with van der Waals surface area (Å²) in [4.78, 5) is 4.99. The SMILES string of the molecule is CC(C)CCCC(O)CCCCCN1CCN(C)CC1. The van der Waals surface area contributed by atoms with E-state index in [1.165, 1.54) is 64.8 Å². The highest BCUT2D eigenvalue weighted by atomic mass is 16.3. The van der Waals surface area contributed by atoms with Crippen LogP contribution < -0.4 is 0 Å². The van der Waals surface area contributed by atoms with Crippen LogP contribution in [0.1, 0.15) is 58.8 Å². The molecule has 1 atom stereocenters. The Balaban J connectivity index is 1.88. The van der Waals surface area contributed by atoms with E-state index in [1.807, 2.05) is 0 Å². The van der Waals surface area contributed by atoms with Crippen LogP contribution in [0.15, 0.2) is 0 Å². The summed E-state index contributed by atoms with van der Waals surface area (Å²) in [6, 6.07) is 0. The molecule has 3 heteroatoms. The first-order valence-electron chi connectivity index (χ1n) is 8.67. The molecule has 1 rings (SSSR count). The third-order valence-corrected chi connectivity index (χ3v) is 4.43. The van der Waals surface area contributed by atoms with Crippen molar-refractivity contribution in [3.8, 4) is 0 Å². The molecule has 20 heavy (non-hydrogen) atoms. The van der Waals surface area contributed by atoms with Crippen molar-refractivity contribution in [3.05, 3.63) is 0 Å². The van der Waals surface area contributed by atoms with Crippen LogP contribution in [0.5, 0.6) is 0 Å². The molecule has 1 heterocycles. The van der Waals surface area contributed by atoms with Crippen LogP contribution in [0.3, 0.4) is 0 Å². The van der Waals surface area contributed by atoms with E-state index in [4.69, 9.17) is 0 Å². The molecule has 120 valence electrons. The number of piperazine rings is 1. The second-order valence-corrected chi connectivity index (χ2v) is 6.97. The van der Waals surface area contributed by atoms with Crippen LogP contribution in [0.2, 0.25) is 0 Å². The molecule has 1 N–H and O–H groups in total. The highest BCUT2D eigenvalue weighted by molar-refractivity contribution is 4.69. The fourth-order valence-corrected chi connectivity index (χ4v) is 2.87. The van der Waals surface area contributed by atoms with Gasteiger partial charge in [0.1, 0.15) is 0 Å². The van der Waals surface area contributed by atoms with E-state index >= 15 is 0 Å². The van der Waals surface area contributed by atoms with Crippen LogP contribution in [-0.4, -0.2) is 60.8 Å². The minimum Gasteiger partial charge on any atom is -0.393 e. The smallest absolute Gasteiger partial charge is 0.0540 e. The van der Waals surface area contributed by atoms with Crippen molar-refractivity contribution in [1.82, 2.24) is 9.80 Å². The molecule has 0 saturated carbocycles. The molecular formula is C17H36N2O. The van der Waals surface area contributed by atoms with Gasteiger partial charge in [0.15, 0.2) is 0 Å². The molecule has 1 saturated heterocycles. The van der Waals surface area contributed by atoms with E-state index in [0.717, 1.165) is 18.8 Å². The molecule has 0 spiro atoms. The zero-order valence-electron chi connectivity index (χ0n) is 14.0. The number of aliphatic hydroxyl groups is 1. The summed E-state index contributed by atoms with van der Waals surface area (Å²) < 4.78 is 0. The van der Waals surface area contributed by atoms with Crippen molar-refractivity contribution >= 4 is 0 Å². The lowest BCUT2D eigenvalue weighted by molar-refractivity contribution is 0.140. The lowest BCUT2D eigenvalue weighted by Gasteiger charge is -2.32. The van der Waals surface area contributed by atoms with Crippen molar-refractivity contribution in [2.24, 2.45) is 5.92 Å². The predicted molar refractivity (Wildman–Crippen MR) is 87.1 cm³/mol. The number of unbranched alkanes of at least 4 members (excludes halogenated alkanes) is 2. The minimum absolute atomic E-state index is 0.0580. The van der Waals surface area contributed by atoms with Gasteiger partial charge in [0, 0.05) is 26.2 Å². The van der Waals surface area contributed by atoms with Crippen LogP contribution in [0.25, 0.3) is 0 Å².